The van der Waals surface area contributed by atoms with E-state index in [-0.39, 0.29) is 35.0 Å². The molecular formula is C32H40F3N9O4. The largest absolute Gasteiger partial charge is 0.494 e. The van der Waals surface area contributed by atoms with E-state index in [1.54, 1.807) is 24.0 Å². The third-order valence-corrected chi connectivity index (χ3v) is 8.18. The van der Waals surface area contributed by atoms with Crippen molar-refractivity contribution >= 4 is 46.3 Å². The Hall–Kier alpha value is -4.99. The number of carbonyl (C=O) groups is 2. The molecule has 2 aliphatic heterocycles. The van der Waals surface area contributed by atoms with Crippen LogP contribution in [0.5, 0.6) is 11.5 Å². The standard InChI is InChI=1S/C32H40F3N9O4/c1-4-36-29(46)20-41-9-11-43(12-10-41)23-6-8-26(28(18-23)48-31(34)35)38-30-24(33)19-37-32(40-30)39-25-7-5-22(17-27(25)47-3)44-15-13-42(14-16-44)21(2)45/h5-8,17-19,31H,4,9-16,20H2,1-3H3,(H,36,46)(H2,37,38,39,40). The van der Waals surface area contributed by atoms with E-state index in [0.29, 0.717) is 82.6 Å². The molecule has 13 nitrogen and oxygen atoms in total. The lowest BCUT2D eigenvalue weighted by Gasteiger charge is -2.36. The second-order valence-corrected chi connectivity index (χ2v) is 11.3. The van der Waals surface area contributed by atoms with E-state index in [2.05, 4.69) is 30.8 Å². The van der Waals surface area contributed by atoms with Gasteiger partial charge in [0.1, 0.15) is 5.75 Å². The highest BCUT2D eigenvalue weighted by molar-refractivity contribution is 5.78. The van der Waals surface area contributed by atoms with Gasteiger partial charge in [0, 0.05) is 89.3 Å². The second kappa shape index (κ2) is 15.7. The van der Waals surface area contributed by atoms with E-state index in [1.165, 1.54) is 19.2 Å². The van der Waals surface area contributed by atoms with Crippen molar-refractivity contribution in [1.29, 1.82) is 0 Å². The summed E-state index contributed by atoms with van der Waals surface area (Å²) in [6, 6.07) is 10.3. The Kier molecular flexibility index (Phi) is 11.3. The number of nitrogens with zero attached hydrogens (tertiary/aromatic N) is 6. The second-order valence-electron chi connectivity index (χ2n) is 11.3. The zero-order chi connectivity index (χ0) is 34.2. The van der Waals surface area contributed by atoms with Crippen LogP contribution in [0.3, 0.4) is 0 Å². The first-order chi connectivity index (χ1) is 23.1. The summed E-state index contributed by atoms with van der Waals surface area (Å²) < 4.78 is 52.2. The van der Waals surface area contributed by atoms with E-state index in [1.807, 2.05) is 28.9 Å². The number of rotatable bonds is 12. The first-order valence-corrected chi connectivity index (χ1v) is 15.7. The molecule has 1 aromatic heterocycles. The number of amides is 2. The normalized spacial score (nSPS) is 15.4. The zero-order valence-corrected chi connectivity index (χ0v) is 27.1. The van der Waals surface area contributed by atoms with Gasteiger partial charge in [-0.3, -0.25) is 14.5 Å². The molecule has 3 heterocycles. The van der Waals surface area contributed by atoms with Crippen LogP contribution in [0.15, 0.2) is 42.6 Å². The molecule has 0 radical (unpaired) electrons. The Balaban J connectivity index is 1.28. The summed E-state index contributed by atoms with van der Waals surface area (Å²) in [6.45, 7) is 6.19. The maximum absolute atomic E-state index is 14.9. The molecule has 2 aromatic carbocycles. The van der Waals surface area contributed by atoms with Gasteiger partial charge in [0.15, 0.2) is 17.4 Å². The maximum Gasteiger partial charge on any atom is 0.387 e. The number of piperazine rings is 2. The number of hydrogen-bond acceptors (Lipinski definition) is 11. The van der Waals surface area contributed by atoms with Crippen molar-refractivity contribution in [2.24, 2.45) is 0 Å². The minimum absolute atomic E-state index is 0.0402. The third-order valence-electron chi connectivity index (χ3n) is 8.18. The molecule has 2 amide bonds. The van der Waals surface area contributed by atoms with Gasteiger partial charge >= 0.3 is 6.61 Å². The van der Waals surface area contributed by atoms with Gasteiger partial charge in [0.05, 0.1) is 31.2 Å². The number of hydrogen-bond donors (Lipinski definition) is 3. The summed E-state index contributed by atoms with van der Waals surface area (Å²) in [5, 5.41) is 8.60. The van der Waals surface area contributed by atoms with Crippen LogP contribution in [0.25, 0.3) is 0 Å². The van der Waals surface area contributed by atoms with Gasteiger partial charge in [-0.15, -0.1) is 0 Å². The molecule has 3 aromatic rings. The molecule has 48 heavy (non-hydrogen) atoms. The summed E-state index contributed by atoms with van der Waals surface area (Å²) in [4.78, 5) is 39.9. The van der Waals surface area contributed by atoms with Crippen molar-refractivity contribution in [1.82, 2.24) is 25.1 Å². The molecule has 2 aliphatic rings. The number of nitrogens with one attached hydrogen (secondary N) is 3. The first-order valence-electron chi connectivity index (χ1n) is 15.7. The number of benzene rings is 2. The van der Waals surface area contributed by atoms with E-state index < -0.39 is 12.4 Å². The predicted molar refractivity (Wildman–Crippen MR) is 176 cm³/mol. The molecule has 16 heteroatoms. The van der Waals surface area contributed by atoms with Crippen molar-refractivity contribution in [2.45, 2.75) is 20.5 Å². The van der Waals surface area contributed by atoms with E-state index in [4.69, 9.17) is 9.47 Å². The van der Waals surface area contributed by atoms with Gasteiger partial charge in [-0.2, -0.15) is 13.8 Å². The lowest BCUT2D eigenvalue weighted by atomic mass is 10.2. The number of aromatic nitrogens is 2. The average Bonchev–Trinajstić information content (AvgIpc) is 3.07. The molecule has 0 atom stereocenters. The van der Waals surface area contributed by atoms with Gasteiger partial charge in [0.25, 0.3) is 0 Å². The maximum atomic E-state index is 14.9. The van der Waals surface area contributed by atoms with Crippen molar-refractivity contribution in [3.8, 4) is 11.5 Å². The minimum Gasteiger partial charge on any atom is -0.494 e. The molecule has 0 bridgehead atoms. The average molecular weight is 672 g/mol. The number of methoxy groups -OCH3 is 1. The number of alkyl halides is 2. The minimum atomic E-state index is -3.12. The monoisotopic (exact) mass is 671 g/mol. The fourth-order valence-corrected chi connectivity index (χ4v) is 5.65. The van der Waals surface area contributed by atoms with Crippen LogP contribution in [0.1, 0.15) is 13.8 Å². The molecular weight excluding hydrogens is 631 g/mol. The highest BCUT2D eigenvalue weighted by Crippen LogP contribution is 2.35. The highest BCUT2D eigenvalue weighted by atomic mass is 19.3. The third kappa shape index (κ3) is 8.67. The molecule has 0 aliphatic carbocycles. The quantitative estimate of drug-likeness (QED) is 0.261. The van der Waals surface area contributed by atoms with Gasteiger partial charge in [-0.05, 0) is 31.2 Å². The Morgan fingerprint density at radius 2 is 1.50 bits per heavy atom. The van der Waals surface area contributed by atoms with Gasteiger partial charge < -0.3 is 40.1 Å². The molecule has 3 N–H and O–H groups in total. The fraction of sp³-hybridized carbons (Fsp3) is 0.438. The van der Waals surface area contributed by atoms with Crippen molar-refractivity contribution in [3.05, 3.63) is 48.4 Å². The Morgan fingerprint density at radius 3 is 2.08 bits per heavy atom. The van der Waals surface area contributed by atoms with Crippen molar-refractivity contribution in [2.75, 3.05) is 93.0 Å². The summed E-state index contributed by atoms with van der Waals surface area (Å²) in [7, 11) is 1.52. The van der Waals surface area contributed by atoms with Crippen LogP contribution in [-0.2, 0) is 9.59 Å². The lowest BCUT2D eigenvalue weighted by molar-refractivity contribution is -0.129. The summed E-state index contributed by atoms with van der Waals surface area (Å²) >= 11 is 0. The van der Waals surface area contributed by atoms with E-state index >= 15 is 0 Å². The van der Waals surface area contributed by atoms with Gasteiger partial charge in [-0.25, -0.2) is 9.37 Å². The highest BCUT2D eigenvalue weighted by Gasteiger charge is 2.23. The van der Waals surface area contributed by atoms with Crippen LogP contribution in [-0.4, -0.2) is 111 Å². The molecule has 2 saturated heterocycles. The Morgan fingerprint density at radius 1 is 0.896 bits per heavy atom. The number of likely N-dealkylation sites (N-methyl/N-ethyl adjacent to an activating group) is 1. The topological polar surface area (TPSA) is 127 Å². The summed E-state index contributed by atoms with van der Waals surface area (Å²) in [5.41, 5.74) is 2.18. The van der Waals surface area contributed by atoms with Crippen LogP contribution in [0.4, 0.5) is 47.7 Å². The van der Waals surface area contributed by atoms with Crippen LogP contribution in [0.2, 0.25) is 0 Å². The van der Waals surface area contributed by atoms with Crippen molar-refractivity contribution in [3.63, 3.8) is 0 Å². The number of ether oxygens (including phenoxy) is 2. The first kappa shape index (κ1) is 34.3. The molecule has 5 rings (SSSR count). The molecule has 0 spiro atoms. The molecule has 2 fully saturated rings. The van der Waals surface area contributed by atoms with Crippen molar-refractivity contribution < 1.29 is 32.2 Å². The molecule has 258 valence electrons. The van der Waals surface area contributed by atoms with Crippen LogP contribution in [0, 0.1) is 5.82 Å². The number of halogens is 3. The smallest absolute Gasteiger partial charge is 0.387 e. The fourth-order valence-electron chi connectivity index (χ4n) is 5.65. The molecule has 0 saturated carbocycles. The lowest BCUT2D eigenvalue weighted by Crippen LogP contribution is -2.49. The number of carbonyl (C=O) groups excluding carboxylic acids is 2. The SMILES string of the molecule is CCNC(=O)CN1CCN(c2ccc(Nc3nc(Nc4ccc(N5CCN(C(C)=O)CC5)cc4OC)ncc3F)c(OC(F)F)c2)CC1. The summed E-state index contributed by atoms with van der Waals surface area (Å²) in [5.74, 6) is -0.689. The zero-order valence-electron chi connectivity index (χ0n) is 27.1. The van der Waals surface area contributed by atoms with Gasteiger partial charge in [0.2, 0.25) is 17.8 Å². The van der Waals surface area contributed by atoms with E-state index in [0.717, 1.165) is 11.9 Å². The van der Waals surface area contributed by atoms with Gasteiger partial charge in [-0.1, -0.05) is 0 Å². The molecule has 0 unspecified atom stereocenters. The van der Waals surface area contributed by atoms with Crippen LogP contribution >= 0.6 is 0 Å². The Bertz CT molecular complexity index is 1580. The Labute approximate surface area is 277 Å². The predicted octanol–water partition coefficient (Wildman–Crippen LogP) is 3.64. The van der Waals surface area contributed by atoms with Crippen LogP contribution < -0.4 is 35.2 Å². The van der Waals surface area contributed by atoms with E-state index in [9.17, 15) is 22.8 Å². The summed E-state index contributed by atoms with van der Waals surface area (Å²) in [6.07, 6.45) is 0.968. The number of anilines is 6.